The van der Waals surface area contributed by atoms with Gasteiger partial charge in [-0.25, -0.2) is 4.79 Å². The molecule has 2 aliphatic rings. The first-order chi connectivity index (χ1) is 11.4. The summed E-state index contributed by atoms with van der Waals surface area (Å²) in [5, 5.41) is 8.88. The van der Waals surface area contributed by atoms with Crippen LogP contribution in [0.4, 0.5) is 4.79 Å². The summed E-state index contributed by atoms with van der Waals surface area (Å²) in [6, 6.07) is 10.4. The van der Waals surface area contributed by atoms with Crippen LogP contribution in [-0.2, 0) is 11.3 Å². The third kappa shape index (κ3) is 3.70. The average molecular weight is 327 g/mol. The van der Waals surface area contributed by atoms with Crippen LogP contribution in [0.1, 0.15) is 44.7 Å². The molecule has 2 atom stereocenters. The quantitative estimate of drug-likeness (QED) is 0.837. The monoisotopic (exact) mass is 327 g/mol. The van der Waals surface area contributed by atoms with Crippen LogP contribution in [0.2, 0.25) is 0 Å². The molecule has 2 heterocycles. The van der Waals surface area contributed by atoms with Gasteiger partial charge >= 0.3 is 6.09 Å². The number of ether oxygens (including phenoxy) is 1. The summed E-state index contributed by atoms with van der Waals surface area (Å²) in [7, 11) is 0. The number of nitrogens with zero attached hydrogens (tertiary/aromatic N) is 3. The van der Waals surface area contributed by atoms with Gasteiger partial charge < -0.3 is 4.74 Å². The maximum atomic E-state index is 12.5. The topological polar surface area (TPSA) is 56.6 Å². The SMILES string of the molecule is CC(C)(C)OC(=O)N1C2CCC1CN(Cc1ccc(C#N)cc1)C2. The minimum Gasteiger partial charge on any atom is -0.444 e. The van der Waals surface area contributed by atoms with E-state index < -0.39 is 5.60 Å². The highest BCUT2D eigenvalue weighted by Crippen LogP contribution is 2.32. The van der Waals surface area contributed by atoms with Crippen molar-refractivity contribution in [2.24, 2.45) is 0 Å². The first kappa shape index (κ1) is 16.8. The Labute approximate surface area is 143 Å². The third-order valence-corrected chi connectivity index (χ3v) is 4.65. The van der Waals surface area contributed by atoms with Crippen LogP contribution in [0.25, 0.3) is 0 Å². The summed E-state index contributed by atoms with van der Waals surface area (Å²) < 4.78 is 5.57. The van der Waals surface area contributed by atoms with Gasteiger partial charge in [-0.05, 0) is 51.3 Å². The molecule has 5 heteroatoms. The smallest absolute Gasteiger partial charge is 0.410 e. The van der Waals surface area contributed by atoms with E-state index in [9.17, 15) is 4.79 Å². The summed E-state index contributed by atoms with van der Waals surface area (Å²) in [5.41, 5.74) is 1.45. The standard InChI is InChI=1S/C19H25N3O2/c1-19(2,3)24-18(23)22-16-8-9-17(22)13-21(12-16)11-15-6-4-14(10-20)5-7-15/h4-7,16-17H,8-9,11-13H2,1-3H3. The Bertz CT molecular complexity index is 628. The van der Waals surface area contributed by atoms with Crippen LogP contribution < -0.4 is 0 Å². The number of hydrogen-bond acceptors (Lipinski definition) is 4. The second-order valence-electron chi connectivity index (χ2n) is 7.78. The zero-order valence-electron chi connectivity index (χ0n) is 14.7. The highest BCUT2D eigenvalue weighted by Gasteiger charge is 2.44. The minimum atomic E-state index is -0.448. The van der Waals surface area contributed by atoms with E-state index >= 15 is 0 Å². The molecule has 3 rings (SSSR count). The predicted octanol–water partition coefficient (Wildman–Crippen LogP) is 3.14. The molecule has 2 fully saturated rings. The van der Waals surface area contributed by atoms with Crippen molar-refractivity contribution in [1.29, 1.82) is 5.26 Å². The molecule has 0 saturated carbocycles. The Morgan fingerprint density at radius 1 is 1.21 bits per heavy atom. The van der Waals surface area contributed by atoms with Gasteiger partial charge in [-0.15, -0.1) is 0 Å². The van der Waals surface area contributed by atoms with Crippen LogP contribution in [-0.4, -0.2) is 46.7 Å². The zero-order valence-corrected chi connectivity index (χ0v) is 14.7. The molecular weight excluding hydrogens is 302 g/mol. The van der Waals surface area contributed by atoms with Gasteiger partial charge in [-0.1, -0.05) is 12.1 Å². The van der Waals surface area contributed by atoms with Crippen LogP contribution in [0.15, 0.2) is 24.3 Å². The molecule has 2 saturated heterocycles. The molecule has 1 amide bonds. The van der Waals surface area contributed by atoms with Crippen molar-refractivity contribution in [2.45, 2.75) is 57.8 Å². The molecule has 128 valence electrons. The van der Waals surface area contributed by atoms with Crippen LogP contribution in [0.5, 0.6) is 0 Å². The second-order valence-corrected chi connectivity index (χ2v) is 7.78. The largest absolute Gasteiger partial charge is 0.444 e. The summed E-state index contributed by atoms with van der Waals surface area (Å²) >= 11 is 0. The molecule has 5 nitrogen and oxygen atoms in total. The first-order valence-electron chi connectivity index (χ1n) is 8.58. The molecular formula is C19H25N3O2. The number of carbonyl (C=O) groups is 1. The fraction of sp³-hybridized carbons (Fsp3) is 0.579. The predicted molar refractivity (Wildman–Crippen MR) is 91.3 cm³/mol. The van der Waals surface area contributed by atoms with Crippen LogP contribution >= 0.6 is 0 Å². The van der Waals surface area contributed by atoms with Crippen molar-refractivity contribution in [1.82, 2.24) is 9.80 Å². The Morgan fingerprint density at radius 3 is 2.29 bits per heavy atom. The molecule has 0 spiro atoms. The highest BCUT2D eigenvalue weighted by atomic mass is 16.6. The van der Waals surface area contributed by atoms with Gasteiger partial charge in [0.2, 0.25) is 0 Å². The Kier molecular flexibility index (Phi) is 4.51. The lowest BCUT2D eigenvalue weighted by Gasteiger charge is -2.41. The maximum Gasteiger partial charge on any atom is 0.410 e. The van der Waals surface area contributed by atoms with Crippen molar-refractivity contribution in [3.63, 3.8) is 0 Å². The van der Waals surface area contributed by atoms with E-state index in [0.717, 1.165) is 32.5 Å². The van der Waals surface area contributed by atoms with Crippen molar-refractivity contribution in [2.75, 3.05) is 13.1 Å². The van der Waals surface area contributed by atoms with Crippen molar-refractivity contribution in [3.05, 3.63) is 35.4 Å². The van der Waals surface area contributed by atoms with Gasteiger partial charge in [-0.2, -0.15) is 5.26 Å². The number of piperazine rings is 1. The summed E-state index contributed by atoms with van der Waals surface area (Å²) in [6.07, 6.45) is 1.93. The molecule has 0 N–H and O–H groups in total. The van der Waals surface area contributed by atoms with E-state index in [4.69, 9.17) is 10.00 Å². The lowest BCUT2D eigenvalue weighted by molar-refractivity contribution is -0.00542. The van der Waals surface area contributed by atoms with Crippen molar-refractivity contribution in [3.8, 4) is 6.07 Å². The number of amides is 1. The molecule has 2 aliphatic heterocycles. The molecule has 1 aromatic carbocycles. The lowest BCUT2D eigenvalue weighted by Crippen LogP contribution is -2.56. The van der Waals surface area contributed by atoms with Gasteiger partial charge in [0.05, 0.1) is 11.6 Å². The van der Waals surface area contributed by atoms with E-state index in [1.54, 1.807) is 0 Å². The maximum absolute atomic E-state index is 12.5. The molecule has 2 unspecified atom stereocenters. The molecule has 0 aromatic heterocycles. The first-order valence-corrected chi connectivity index (χ1v) is 8.58. The Hall–Kier alpha value is -2.06. The zero-order chi connectivity index (χ0) is 17.3. The highest BCUT2D eigenvalue weighted by molar-refractivity contribution is 5.69. The normalized spacial score (nSPS) is 23.8. The number of nitriles is 1. The number of likely N-dealkylation sites (tertiary alicyclic amines) is 1. The van der Waals surface area contributed by atoms with Crippen LogP contribution in [0, 0.1) is 11.3 Å². The van der Waals surface area contributed by atoms with E-state index in [2.05, 4.69) is 11.0 Å². The minimum absolute atomic E-state index is 0.173. The molecule has 2 bridgehead atoms. The van der Waals surface area contributed by atoms with Gasteiger partial charge in [0.1, 0.15) is 5.60 Å². The molecule has 1 aromatic rings. The second kappa shape index (κ2) is 6.45. The summed E-state index contributed by atoms with van der Waals surface area (Å²) in [5.74, 6) is 0. The summed E-state index contributed by atoms with van der Waals surface area (Å²) in [6.45, 7) is 8.36. The number of fused-ring (bicyclic) bond motifs is 2. The molecule has 24 heavy (non-hydrogen) atoms. The van der Waals surface area contributed by atoms with E-state index in [0.29, 0.717) is 5.56 Å². The van der Waals surface area contributed by atoms with E-state index in [1.807, 2.05) is 49.9 Å². The van der Waals surface area contributed by atoms with Crippen molar-refractivity contribution >= 4 is 6.09 Å². The molecule has 0 radical (unpaired) electrons. The van der Waals surface area contributed by atoms with E-state index in [-0.39, 0.29) is 18.2 Å². The van der Waals surface area contributed by atoms with Gasteiger partial charge in [-0.3, -0.25) is 9.80 Å². The number of benzene rings is 1. The van der Waals surface area contributed by atoms with Gasteiger partial charge in [0.15, 0.2) is 0 Å². The van der Waals surface area contributed by atoms with Crippen LogP contribution in [0.3, 0.4) is 0 Å². The third-order valence-electron chi connectivity index (χ3n) is 4.65. The number of hydrogen-bond donors (Lipinski definition) is 0. The van der Waals surface area contributed by atoms with E-state index in [1.165, 1.54) is 5.56 Å². The Morgan fingerprint density at radius 2 is 1.79 bits per heavy atom. The van der Waals surface area contributed by atoms with Gasteiger partial charge in [0.25, 0.3) is 0 Å². The van der Waals surface area contributed by atoms with Gasteiger partial charge in [0, 0.05) is 31.7 Å². The summed E-state index contributed by atoms with van der Waals surface area (Å²) in [4.78, 5) is 16.8. The lowest BCUT2D eigenvalue weighted by atomic mass is 10.1. The average Bonchev–Trinajstić information content (AvgIpc) is 2.78. The number of carbonyl (C=O) groups excluding carboxylic acids is 1. The van der Waals surface area contributed by atoms with Crippen molar-refractivity contribution < 1.29 is 9.53 Å². The fourth-order valence-corrected chi connectivity index (χ4v) is 3.67. The number of rotatable bonds is 2. The molecule has 0 aliphatic carbocycles. The Balaban J connectivity index is 1.62. The fourth-order valence-electron chi connectivity index (χ4n) is 3.67.